The van der Waals surface area contributed by atoms with Crippen LogP contribution in [0.5, 0.6) is 5.75 Å². The molecule has 4 unspecified atom stereocenters. The zero-order valence-electron chi connectivity index (χ0n) is 19.4. The fourth-order valence-electron chi connectivity index (χ4n) is 3.55. The van der Waals surface area contributed by atoms with Crippen LogP contribution >= 0.6 is 12.0 Å². The molecule has 0 radical (unpaired) electrons. The number of hydrogen-bond donors (Lipinski definition) is 1. The Kier molecular flexibility index (Phi) is 10.7. The Hall–Kier alpha value is -2.59. The Morgan fingerprint density at radius 1 is 1.27 bits per heavy atom. The number of aliphatic hydroxyl groups is 1. The van der Waals surface area contributed by atoms with Gasteiger partial charge in [0.15, 0.2) is 6.61 Å². The molecule has 0 saturated carbocycles. The third-order valence-electron chi connectivity index (χ3n) is 5.04. The summed E-state index contributed by atoms with van der Waals surface area (Å²) in [6.45, 7) is 7.70. The Bertz CT molecular complexity index is 857. The van der Waals surface area contributed by atoms with Crippen LogP contribution in [0.2, 0.25) is 0 Å². The van der Waals surface area contributed by atoms with Crippen molar-refractivity contribution in [3.63, 3.8) is 0 Å². The summed E-state index contributed by atoms with van der Waals surface area (Å²) in [5.41, 5.74) is 0.443. The molecule has 0 aromatic heterocycles. The van der Waals surface area contributed by atoms with Crippen molar-refractivity contribution < 1.29 is 28.6 Å². The van der Waals surface area contributed by atoms with Gasteiger partial charge in [-0.1, -0.05) is 19.0 Å². The van der Waals surface area contributed by atoms with Gasteiger partial charge < -0.3 is 18.9 Å². The normalized spacial score (nSPS) is 20.7. The number of benzene rings is 1. The van der Waals surface area contributed by atoms with Gasteiger partial charge in [0, 0.05) is 24.3 Å². The summed E-state index contributed by atoms with van der Waals surface area (Å²) in [7, 11) is 0. The number of nitrogens with zero attached hydrogens (tertiary/aromatic N) is 2. The molecule has 0 spiro atoms. The minimum absolute atomic E-state index is 0.00553. The number of hydrogen-bond acceptors (Lipinski definition) is 9. The van der Waals surface area contributed by atoms with Gasteiger partial charge in [0.2, 0.25) is 0 Å². The highest BCUT2D eigenvalue weighted by Gasteiger charge is 2.34. The van der Waals surface area contributed by atoms with Crippen molar-refractivity contribution in [1.82, 2.24) is 0 Å². The van der Waals surface area contributed by atoms with E-state index in [9.17, 15) is 20.0 Å². The molecule has 4 atom stereocenters. The molecule has 1 N–H and O–H groups in total. The Morgan fingerprint density at radius 3 is 2.55 bits per heavy atom. The molecule has 0 amide bonds. The zero-order chi connectivity index (χ0) is 24.4. The van der Waals surface area contributed by atoms with Crippen molar-refractivity contribution in [3.05, 3.63) is 46.2 Å². The van der Waals surface area contributed by atoms with E-state index in [1.165, 1.54) is 36.3 Å². The van der Waals surface area contributed by atoms with E-state index in [0.717, 1.165) is 5.75 Å². The molecule has 182 valence electrons. The van der Waals surface area contributed by atoms with Gasteiger partial charge in [-0.3, -0.25) is 14.9 Å². The van der Waals surface area contributed by atoms with E-state index in [4.69, 9.17) is 13.8 Å². The number of oxime groups is 1. The fourth-order valence-corrected chi connectivity index (χ4v) is 4.00. The predicted molar refractivity (Wildman–Crippen MR) is 127 cm³/mol. The second-order valence-corrected chi connectivity index (χ2v) is 8.92. The molecule has 0 fully saturated rings. The summed E-state index contributed by atoms with van der Waals surface area (Å²) in [5.74, 6) is 0.376. The second kappa shape index (κ2) is 13.2. The van der Waals surface area contributed by atoms with Crippen molar-refractivity contribution in [2.75, 3.05) is 12.4 Å². The molecule has 9 nitrogen and oxygen atoms in total. The highest BCUT2D eigenvalue weighted by Crippen LogP contribution is 2.30. The van der Waals surface area contributed by atoms with Crippen LogP contribution in [-0.4, -0.2) is 46.1 Å². The van der Waals surface area contributed by atoms with Crippen molar-refractivity contribution >= 4 is 29.2 Å². The zero-order valence-corrected chi connectivity index (χ0v) is 20.2. The highest BCUT2D eigenvalue weighted by atomic mass is 32.2. The monoisotopic (exact) mass is 480 g/mol. The molecule has 0 aliphatic heterocycles. The van der Waals surface area contributed by atoms with Crippen LogP contribution in [0.3, 0.4) is 0 Å². The maximum absolute atomic E-state index is 12.8. The lowest BCUT2D eigenvalue weighted by Crippen LogP contribution is -2.32. The summed E-state index contributed by atoms with van der Waals surface area (Å²) in [6.07, 6.45) is 2.75. The van der Waals surface area contributed by atoms with Crippen molar-refractivity contribution in [3.8, 4) is 5.75 Å². The largest absolute Gasteiger partial charge is 0.511 e. The van der Waals surface area contributed by atoms with E-state index in [-0.39, 0.29) is 42.0 Å². The van der Waals surface area contributed by atoms with Gasteiger partial charge in [-0.05, 0) is 62.9 Å². The first-order valence-electron chi connectivity index (χ1n) is 11.1. The van der Waals surface area contributed by atoms with Gasteiger partial charge >= 0.3 is 0 Å². The average molecular weight is 481 g/mol. The molecule has 2 rings (SSSR count). The molecule has 33 heavy (non-hydrogen) atoms. The van der Waals surface area contributed by atoms with Gasteiger partial charge in [-0.25, -0.2) is 0 Å². The van der Waals surface area contributed by atoms with Gasteiger partial charge in [0.1, 0.15) is 29.3 Å². The number of allylic oxidation sites excluding steroid dienone is 2. The van der Waals surface area contributed by atoms with Gasteiger partial charge in [-0.2, -0.15) is 0 Å². The van der Waals surface area contributed by atoms with E-state index in [2.05, 4.69) is 5.16 Å². The number of carbonyl (C=O) groups excluding carboxylic acids is 1. The van der Waals surface area contributed by atoms with E-state index >= 15 is 0 Å². The Labute approximate surface area is 198 Å². The Morgan fingerprint density at radius 2 is 1.97 bits per heavy atom. The fraction of sp³-hybridized carbons (Fsp3) is 0.565. The maximum atomic E-state index is 12.8. The molecule has 0 heterocycles. The summed E-state index contributed by atoms with van der Waals surface area (Å²) in [4.78, 5) is 28.4. The lowest BCUT2D eigenvalue weighted by atomic mass is 9.80. The number of ketones is 1. The quantitative estimate of drug-likeness (QED) is 0.176. The molecule has 1 aromatic rings. The molecular formula is C23H32N2O7S. The van der Waals surface area contributed by atoms with Crippen LogP contribution in [0.15, 0.2) is 41.3 Å². The molecule has 1 aliphatic rings. The highest BCUT2D eigenvalue weighted by molar-refractivity contribution is 7.94. The molecule has 1 aromatic carbocycles. The summed E-state index contributed by atoms with van der Waals surface area (Å²) in [6, 6.07) is 5.76. The van der Waals surface area contributed by atoms with E-state index in [0.29, 0.717) is 30.7 Å². The van der Waals surface area contributed by atoms with Crippen LogP contribution in [0.4, 0.5) is 5.69 Å². The van der Waals surface area contributed by atoms with Gasteiger partial charge in [-0.15, -0.1) is 0 Å². The first-order chi connectivity index (χ1) is 15.7. The van der Waals surface area contributed by atoms with E-state index in [1.54, 1.807) is 13.0 Å². The number of ether oxygens (including phenoxy) is 1. The number of non-ortho nitro benzene ring substituents is 1. The topological polar surface area (TPSA) is 120 Å². The SMILES string of the molecule is CCSOC(C)CC1C=C(O)C(C(CC)=NOCC(C)Oc2ccc([N+](=O)[O-])cc2)C(=O)C1. The van der Waals surface area contributed by atoms with E-state index in [1.807, 2.05) is 20.8 Å². The predicted octanol–water partition coefficient (Wildman–Crippen LogP) is 5.26. The van der Waals surface area contributed by atoms with Crippen LogP contribution in [-0.2, 0) is 13.8 Å². The average Bonchev–Trinajstić information content (AvgIpc) is 2.76. The van der Waals surface area contributed by atoms with Crippen LogP contribution in [0, 0.1) is 22.0 Å². The first kappa shape index (κ1) is 26.7. The molecule has 0 bridgehead atoms. The third-order valence-corrected chi connectivity index (χ3v) is 5.74. The maximum Gasteiger partial charge on any atom is 0.269 e. The minimum atomic E-state index is -0.793. The van der Waals surface area contributed by atoms with Gasteiger partial charge in [0.05, 0.1) is 16.7 Å². The minimum Gasteiger partial charge on any atom is -0.511 e. The number of nitro groups is 1. The van der Waals surface area contributed by atoms with Crippen molar-refractivity contribution in [2.45, 2.75) is 59.2 Å². The summed E-state index contributed by atoms with van der Waals surface area (Å²) < 4.78 is 11.3. The lowest BCUT2D eigenvalue weighted by molar-refractivity contribution is -0.384. The number of rotatable bonds is 13. The molecular weight excluding hydrogens is 448 g/mol. The van der Waals surface area contributed by atoms with Crippen LogP contribution < -0.4 is 4.74 Å². The summed E-state index contributed by atoms with van der Waals surface area (Å²) >= 11 is 1.39. The standard InChI is InChI=1S/C23H32N2O7S/c1-5-20(23-21(26)12-17(13-22(23)27)11-15(3)32-33-6-2)24-30-14-16(4)31-19-9-7-18(8-10-19)25(28)29/h7-10,12,15-17,23,26H,5-6,11,13-14H2,1-4H3. The summed E-state index contributed by atoms with van der Waals surface area (Å²) in [5, 5.41) is 25.4. The number of Topliss-reactive ketones (excluding diaryl/α,β-unsaturated/α-hetero) is 1. The van der Waals surface area contributed by atoms with Crippen molar-refractivity contribution in [2.24, 2.45) is 17.0 Å². The number of aliphatic hydroxyl groups excluding tert-OH is 1. The smallest absolute Gasteiger partial charge is 0.269 e. The molecule has 10 heteroatoms. The molecule has 0 saturated heterocycles. The van der Waals surface area contributed by atoms with Gasteiger partial charge in [0.25, 0.3) is 5.69 Å². The number of carbonyl (C=O) groups is 1. The van der Waals surface area contributed by atoms with Crippen molar-refractivity contribution in [1.29, 1.82) is 0 Å². The number of nitro benzene ring substituents is 1. The third kappa shape index (κ3) is 8.36. The first-order valence-corrected chi connectivity index (χ1v) is 12.0. The Balaban J connectivity index is 1.92. The lowest BCUT2D eigenvalue weighted by Gasteiger charge is -2.26. The van der Waals surface area contributed by atoms with Crippen LogP contribution in [0.25, 0.3) is 0 Å². The van der Waals surface area contributed by atoms with E-state index < -0.39 is 10.8 Å². The van der Waals surface area contributed by atoms with Crippen LogP contribution in [0.1, 0.15) is 47.0 Å². The second-order valence-electron chi connectivity index (χ2n) is 7.92. The molecule has 1 aliphatic carbocycles.